The number of aromatic nitrogens is 6. The second kappa shape index (κ2) is 18.2. The maximum absolute atomic E-state index is 12.7. The molecule has 0 bridgehead atoms. The number of H-pyrrole nitrogens is 2. The van der Waals surface area contributed by atoms with E-state index in [9.17, 15) is 26.4 Å². The van der Waals surface area contributed by atoms with Gasteiger partial charge in [-0.05, 0) is 113 Å². The van der Waals surface area contributed by atoms with Crippen molar-refractivity contribution in [2.24, 2.45) is 0 Å². The molecule has 6 N–H and O–H groups in total. The van der Waals surface area contributed by atoms with E-state index < -0.39 is 20.2 Å². The average molecular weight is 896 g/mol. The van der Waals surface area contributed by atoms with Crippen LogP contribution in [0.4, 0.5) is 22.4 Å². The topological polar surface area (TPSA) is 247 Å². The lowest BCUT2D eigenvalue weighted by Gasteiger charge is -2.14. The molecular weight excluding hydrogens is 851 g/mol. The van der Waals surface area contributed by atoms with Gasteiger partial charge in [0, 0.05) is 48.0 Å². The molecule has 21 heteroatoms. The van der Waals surface area contributed by atoms with Crippen molar-refractivity contribution in [3.8, 4) is 17.2 Å². The van der Waals surface area contributed by atoms with Crippen LogP contribution in [0, 0.1) is 0 Å². The lowest BCUT2D eigenvalue weighted by molar-refractivity contribution is -0.116. The SMILES string of the molecule is CN(C)CC(=O)Nc1nc2ccc(OS(=O)(=O)c3ccc(NC4CCCC4)cc3)cc2[nH]1.O=C(Nc1nc2ccc(OS(=O)(=O)c3ccc(-n4ccnc4)cc3)cc2[nH]1)NC1CC1. The van der Waals surface area contributed by atoms with Crippen LogP contribution in [-0.2, 0) is 25.0 Å². The van der Waals surface area contributed by atoms with Gasteiger partial charge in [-0.25, -0.2) is 19.7 Å². The van der Waals surface area contributed by atoms with Crippen LogP contribution in [0.15, 0.2) is 113 Å². The molecule has 4 aromatic carbocycles. The van der Waals surface area contributed by atoms with Gasteiger partial charge in [0.05, 0.1) is 34.9 Å². The van der Waals surface area contributed by atoms with E-state index in [0.717, 1.165) is 37.1 Å². The summed E-state index contributed by atoms with van der Waals surface area (Å²) in [6, 6.07) is 22.6. The first-order chi connectivity index (χ1) is 30.2. The Hall–Kier alpha value is -6.97. The van der Waals surface area contributed by atoms with Crippen molar-refractivity contribution in [3.05, 3.63) is 104 Å². The zero-order chi connectivity index (χ0) is 44.1. The zero-order valence-electron chi connectivity index (χ0n) is 34.2. The highest BCUT2D eigenvalue weighted by atomic mass is 32.2. The zero-order valence-corrected chi connectivity index (χ0v) is 35.9. The number of carbonyl (C=O) groups is 2. The fourth-order valence-corrected chi connectivity index (χ4v) is 8.63. The number of benzene rings is 4. The number of hydrogen-bond donors (Lipinski definition) is 6. The van der Waals surface area contributed by atoms with Crippen LogP contribution in [0.3, 0.4) is 0 Å². The monoisotopic (exact) mass is 895 g/mol. The summed E-state index contributed by atoms with van der Waals surface area (Å²) in [6.45, 7) is 0.221. The number of carbonyl (C=O) groups excluding carboxylic acids is 2. The molecule has 3 aromatic heterocycles. The summed E-state index contributed by atoms with van der Waals surface area (Å²) in [5, 5.41) is 11.5. The third-order valence-corrected chi connectivity index (χ3v) is 12.5. The minimum atomic E-state index is -4.03. The largest absolute Gasteiger partial charge is 0.382 e. The number of nitrogens with zero attached hydrogens (tertiary/aromatic N) is 5. The number of imidazole rings is 3. The van der Waals surface area contributed by atoms with Crippen molar-refractivity contribution in [2.75, 3.05) is 36.6 Å². The first-order valence-corrected chi connectivity index (χ1v) is 22.9. The number of fused-ring (bicyclic) bond motifs is 2. The number of likely N-dealkylation sites (N-methyl/N-ethyl adjacent to an activating group) is 1. The Kier molecular flexibility index (Phi) is 12.3. The second-order valence-electron chi connectivity index (χ2n) is 15.4. The van der Waals surface area contributed by atoms with E-state index in [1.807, 2.05) is 0 Å². The highest BCUT2D eigenvalue weighted by Crippen LogP contribution is 2.28. The first kappa shape index (κ1) is 42.7. The van der Waals surface area contributed by atoms with Crippen LogP contribution in [0.5, 0.6) is 11.5 Å². The Morgan fingerprint density at radius 1 is 0.730 bits per heavy atom. The van der Waals surface area contributed by atoms with Crippen molar-refractivity contribution in [2.45, 2.75) is 60.4 Å². The first-order valence-electron chi connectivity index (χ1n) is 20.1. The molecule has 0 radical (unpaired) electrons. The van der Waals surface area contributed by atoms with Crippen molar-refractivity contribution in [3.63, 3.8) is 0 Å². The number of nitrogens with one attached hydrogen (secondary N) is 6. The van der Waals surface area contributed by atoms with Gasteiger partial charge in [-0.15, -0.1) is 0 Å². The molecule has 2 aliphatic rings. The molecule has 2 aliphatic carbocycles. The van der Waals surface area contributed by atoms with E-state index in [1.54, 1.807) is 90.8 Å². The molecule has 328 valence electrons. The second-order valence-corrected chi connectivity index (χ2v) is 18.5. The normalized spacial score (nSPS) is 14.3. The molecule has 3 amide bonds. The molecule has 63 heavy (non-hydrogen) atoms. The Balaban J connectivity index is 0.000000173. The smallest absolute Gasteiger partial charge is 0.339 e. The summed E-state index contributed by atoms with van der Waals surface area (Å²) in [6.07, 6.45) is 11.7. The minimum absolute atomic E-state index is 0.0279. The molecule has 0 aliphatic heterocycles. The van der Waals surface area contributed by atoms with Gasteiger partial charge in [0.25, 0.3) is 0 Å². The summed E-state index contributed by atoms with van der Waals surface area (Å²) in [4.78, 5) is 44.1. The van der Waals surface area contributed by atoms with Gasteiger partial charge in [-0.1, -0.05) is 12.8 Å². The van der Waals surface area contributed by atoms with Gasteiger partial charge in [0.2, 0.25) is 17.8 Å². The maximum atomic E-state index is 12.7. The number of rotatable bonds is 14. The van der Waals surface area contributed by atoms with Gasteiger partial charge in [0.1, 0.15) is 21.3 Å². The lowest BCUT2D eigenvalue weighted by atomic mass is 10.2. The predicted molar refractivity (Wildman–Crippen MR) is 236 cm³/mol. The number of urea groups is 1. The molecule has 0 atom stereocenters. The van der Waals surface area contributed by atoms with Crippen LogP contribution in [0.25, 0.3) is 27.8 Å². The van der Waals surface area contributed by atoms with Crippen LogP contribution in [0.2, 0.25) is 0 Å². The van der Waals surface area contributed by atoms with Gasteiger partial charge >= 0.3 is 26.3 Å². The predicted octanol–water partition coefficient (Wildman–Crippen LogP) is 5.99. The van der Waals surface area contributed by atoms with Crippen LogP contribution in [0.1, 0.15) is 38.5 Å². The molecule has 9 rings (SSSR count). The van der Waals surface area contributed by atoms with Crippen molar-refractivity contribution in [1.82, 2.24) is 39.7 Å². The van der Waals surface area contributed by atoms with Gasteiger partial charge in [-0.3, -0.25) is 15.4 Å². The fraction of sp³-hybridized carbons (Fsp3) is 0.262. The van der Waals surface area contributed by atoms with Gasteiger partial charge in [0.15, 0.2) is 0 Å². The molecule has 7 aromatic rings. The number of anilines is 3. The lowest BCUT2D eigenvalue weighted by Crippen LogP contribution is -2.30. The fourth-order valence-electron chi connectivity index (χ4n) is 6.79. The minimum Gasteiger partial charge on any atom is -0.382 e. The van der Waals surface area contributed by atoms with E-state index >= 15 is 0 Å². The third kappa shape index (κ3) is 11.1. The summed E-state index contributed by atoms with van der Waals surface area (Å²) in [5.74, 6) is 0.628. The van der Waals surface area contributed by atoms with E-state index in [1.165, 1.54) is 49.2 Å². The molecule has 0 spiro atoms. The van der Waals surface area contributed by atoms with Crippen molar-refractivity contribution >= 4 is 71.8 Å². The summed E-state index contributed by atoms with van der Waals surface area (Å²) < 4.78 is 63.1. The maximum Gasteiger partial charge on any atom is 0.339 e. The number of amides is 3. The number of hydrogen-bond acceptors (Lipinski definition) is 13. The van der Waals surface area contributed by atoms with Crippen molar-refractivity contribution in [1.29, 1.82) is 0 Å². The molecular formula is C42H45N11O8S2. The standard InChI is InChI=1S/C22H27N5O4S.C20H18N6O4S/c1-27(2)14-21(28)26-22-24-19-12-9-17(13-20(19)25-22)31-32(29,30)18-10-7-16(8-11-18)23-15-5-3-4-6-15;27-20(22-13-1-2-13)25-19-23-17-8-5-15(11-18(17)24-19)30-31(28,29)16-6-3-14(4-7-16)26-10-9-21-12-26/h7-13,15,23H,3-6,14H2,1-2H3,(H2,24,25,26,28);3-13H,1-2H2,(H3,22,23,24,25,27). The molecule has 19 nitrogen and oxygen atoms in total. The van der Waals surface area contributed by atoms with Crippen LogP contribution in [-0.4, -0.2) is 95.9 Å². The average Bonchev–Trinajstić information content (AvgIpc) is 3.69. The van der Waals surface area contributed by atoms with E-state index in [-0.39, 0.29) is 57.7 Å². The summed E-state index contributed by atoms with van der Waals surface area (Å²) >= 11 is 0. The van der Waals surface area contributed by atoms with Gasteiger partial charge in [-0.2, -0.15) is 16.8 Å². The quantitative estimate of drug-likeness (QED) is 0.0689. The molecule has 2 fully saturated rings. The van der Waals surface area contributed by atoms with E-state index in [4.69, 9.17) is 8.37 Å². The highest BCUT2D eigenvalue weighted by molar-refractivity contribution is 7.87. The Morgan fingerprint density at radius 3 is 1.81 bits per heavy atom. The molecule has 0 unspecified atom stereocenters. The third-order valence-electron chi connectivity index (χ3n) is 9.98. The van der Waals surface area contributed by atoms with E-state index in [0.29, 0.717) is 28.1 Å². The Bertz CT molecular complexity index is 2940. The summed E-state index contributed by atoms with van der Waals surface area (Å²) in [5.41, 5.74) is 3.91. The molecule has 0 saturated heterocycles. The van der Waals surface area contributed by atoms with Gasteiger partial charge < -0.3 is 38.4 Å². The van der Waals surface area contributed by atoms with E-state index in [2.05, 4.69) is 46.2 Å². The van der Waals surface area contributed by atoms with Crippen molar-refractivity contribution < 1.29 is 34.8 Å². The van der Waals surface area contributed by atoms with Crippen LogP contribution >= 0.6 is 0 Å². The number of aromatic amines is 2. The Morgan fingerprint density at radius 2 is 1.29 bits per heavy atom. The molecule has 2 saturated carbocycles. The summed E-state index contributed by atoms with van der Waals surface area (Å²) in [7, 11) is -4.43. The highest BCUT2D eigenvalue weighted by Gasteiger charge is 2.24. The Labute approximate surface area is 362 Å². The molecule has 3 heterocycles. The van der Waals surface area contributed by atoms with Crippen LogP contribution < -0.4 is 29.6 Å².